The van der Waals surface area contributed by atoms with Crippen LogP contribution in [-0.4, -0.2) is 50.8 Å². The van der Waals surface area contributed by atoms with E-state index in [9.17, 15) is 0 Å². The van der Waals surface area contributed by atoms with Crippen LogP contribution in [0, 0.1) is 6.92 Å². The summed E-state index contributed by atoms with van der Waals surface area (Å²) in [5.74, 6) is 0.824. The van der Waals surface area contributed by atoms with E-state index in [4.69, 9.17) is 4.74 Å². The summed E-state index contributed by atoms with van der Waals surface area (Å²) in [5.41, 5.74) is 3.84. The van der Waals surface area contributed by atoms with Crippen molar-refractivity contribution >= 4 is 5.96 Å². The van der Waals surface area contributed by atoms with Crippen LogP contribution < -0.4 is 10.6 Å². The normalized spacial score (nSPS) is 16.7. The van der Waals surface area contributed by atoms with Gasteiger partial charge in [0.1, 0.15) is 0 Å². The molecule has 0 bridgehead atoms. The fraction of sp³-hybridized carbons (Fsp3) is 0.409. The molecule has 3 rings (SSSR count). The van der Waals surface area contributed by atoms with Crippen LogP contribution in [0.15, 0.2) is 59.6 Å². The monoisotopic (exact) mass is 366 g/mol. The van der Waals surface area contributed by atoms with Gasteiger partial charge in [-0.15, -0.1) is 0 Å². The first-order valence-electron chi connectivity index (χ1n) is 9.63. The van der Waals surface area contributed by atoms with Crippen LogP contribution in [0.1, 0.15) is 22.7 Å². The molecular weight excluding hydrogens is 336 g/mol. The average molecular weight is 367 g/mol. The molecular formula is C22H30N4O. The maximum Gasteiger partial charge on any atom is 0.191 e. The van der Waals surface area contributed by atoms with E-state index in [1.807, 2.05) is 7.05 Å². The van der Waals surface area contributed by atoms with E-state index < -0.39 is 0 Å². The molecule has 5 heteroatoms. The summed E-state index contributed by atoms with van der Waals surface area (Å²) in [4.78, 5) is 6.87. The smallest absolute Gasteiger partial charge is 0.191 e. The number of nitrogens with zero attached hydrogens (tertiary/aromatic N) is 2. The number of nitrogens with one attached hydrogen (secondary N) is 2. The predicted molar refractivity (Wildman–Crippen MR) is 111 cm³/mol. The quantitative estimate of drug-likeness (QED) is 0.610. The topological polar surface area (TPSA) is 48.9 Å². The highest BCUT2D eigenvalue weighted by Gasteiger charge is 2.22. The van der Waals surface area contributed by atoms with Crippen molar-refractivity contribution in [2.45, 2.75) is 19.5 Å². The molecule has 0 radical (unpaired) electrons. The van der Waals surface area contributed by atoms with Gasteiger partial charge in [0, 0.05) is 33.2 Å². The molecule has 0 saturated carbocycles. The van der Waals surface area contributed by atoms with E-state index in [1.165, 1.54) is 16.7 Å². The van der Waals surface area contributed by atoms with Crippen LogP contribution in [0.25, 0.3) is 0 Å². The molecule has 1 fully saturated rings. The number of guanidine groups is 1. The number of hydrogen-bond donors (Lipinski definition) is 2. The third-order valence-corrected chi connectivity index (χ3v) is 4.94. The minimum Gasteiger partial charge on any atom is -0.379 e. The molecule has 2 aromatic carbocycles. The summed E-state index contributed by atoms with van der Waals surface area (Å²) in [5, 5.41) is 6.91. The van der Waals surface area contributed by atoms with Crippen LogP contribution in [-0.2, 0) is 11.3 Å². The number of hydrogen-bond acceptors (Lipinski definition) is 3. The first kappa shape index (κ1) is 19.4. The molecule has 1 atom stereocenters. The first-order valence-corrected chi connectivity index (χ1v) is 9.63. The largest absolute Gasteiger partial charge is 0.379 e. The molecule has 5 nitrogen and oxygen atoms in total. The van der Waals surface area contributed by atoms with Gasteiger partial charge in [-0.1, -0.05) is 60.2 Å². The zero-order valence-electron chi connectivity index (χ0n) is 16.3. The summed E-state index contributed by atoms with van der Waals surface area (Å²) < 4.78 is 5.53. The summed E-state index contributed by atoms with van der Waals surface area (Å²) in [6, 6.07) is 19.5. The molecule has 1 unspecified atom stereocenters. The number of ether oxygens (including phenoxy) is 1. The molecule has 1 saturated heterocycles. The van der Waals surface area contributed by atoms with Gasteiger partial charge >= 0.3 is 0 Å². The Morgan fingerprint density at radius 1 is 1.04 bits per heavy atom. The highest BCUT2D eigenvalue weighted by Crippen LogP contribution is 2.21. The van der Waals surface area contributed by atoms with Crippen LogP contribution in [0.2, 0.25) is 0 Å². The van der Waals surface area contributed by atoms with E-state index in [-0.39, 0.29) is 0 Å². The molecule has 0 spiro atoms. The van der Waals surface area contributed by atoms with Gasteiger partial charge in [0.05, 0.1) is 19.3 Å². The SMILES string of the molecule is CN=C(NCc1ccc(C)cc1)NCC(c1ccccc1)N1CCOCC1. The molecule has 1 aliphatic rings. The lowest BCUT2D eigenvalue weighted by molar-refractivity contribution is 0.0170. The lowest BCUT2D eigenvalue weighted by Gasteiger charge is -2.35. The van der Waals surface area contributed by atoms with Crippen LogP contribution in [0.4, 0.5) is 0 Å². The second-order valence-corrected chi connectivity index (χ2v) is 6.87. The molecule has 2 N–H and O–H groups in total. The van der Waals surface area contributed by atoms with Crippen molar-refractivity contribution < 1.29 is 4.74 Å². The Bertz CT molecular complexity index is 709. The summed E-state index contributed by atoms with van der Waals surface area (Å²) >= 11 is 0. The van der Waals surface area contributed by atoms with Crippen LogP contribution in [0.3, 0.4) is 0 Å². The Morgan fingerprint density at radius 2 is 1.74 bits per heavy atom. The van der Waals surface area contributed by atoms with Crippen molar-refractivity contribution in [1.29, 1.82) is 0 Å². The van der Waals surface area contributed by atoms with Crippen LogP contribution in [0.5, 0.6) is 0 Å². The Kier molecular flexibility index (Phi) is 7.25. The van der Waals surface area contributed by atoms with Crippen molar-refractivity contribution in [3.05, 3.63) is 71.3 Å². The second kappa shape index (κ2) is 10.1. The Morgan fingerprint density at radius 3 is 2.41 bits per heavy atom. The lowest BCUT2D eigenvalue weighted by Crippen LogP contribution is -2.46. The number of aliphatic imine (C=N–C) groups is 1. The van der Waals surface area contributed by atoms with Crippen molar-refractivity contribution in [2.75, 3.05) is 39.9 Å². The van der Waals surface area contributed by atoms with E-state index in [0.29, 0.717) is 6.04 Å². The van der Waals surface area contributed by atoms with E-state index in [2.05, 4.69) is 82.0 Å². The van der Waals surface area contributed by atoms with Gasteiger partial charge in [-0.05, 0) is 18.1 Å². The number of rotatable bonds is 6. The van der Waals surface area contributed by atoms with Gasteiger partial charge in [-0.25, -0.2) is 0 Å². The Labute approximate surface area is 162 Å². The molecule has 0 aliphatic carbocycles. The zero-order chi connectivity index (χ0) is 18.9. The molecule has 27 heavy (non-hydrogen) atoms. The molecule has 1 aliphatic heterocycles. The van der Waals surface area contributed by atoms with E-state index in [0.717, 1.165) is 45.4 Å². The third-order valence-electron chi connectivity index (χ3n) is 4.94. The minimum absolute atomic E-state index is 0.299. The number of morpholine rings is 1. The van der Waals surface area contributed by atoms with Crippen molar-refractivity contribution in [3.63, 3.8) is 0 Å². The Balaban J connectivity index is 1.59. The first-order chi connectivity index (χ1) is 13.3. The van der Waals surface area contributed by atoms with Crippen molar-refractivity contribution in [1.82, 2.24) is 15.5 Å². The molecule has 0 aromatic heterocycles. The van der Waals surface area contributed by atoms with E-state index >= 15 is 0 Å². The highest BCUT2D eigenvalue weighted by molar-refractivity contribution is 5.79. The van der Waals surface area contributed by atoms with Gasteiger partial charge in [0.2, 0.25) is 0 Å². The van der Waals surface area contributed by atoms with Crippen molar-refractivity contribution in [2.24, 2.45) is 4.99 Å². The summed E-state index contributed by atoms with van der Waals surface area (Å²) in [6.07, 6.45) is 0. The Hall–Kier alpha value is -2.37. The lowest BCUT2D eigenvalue weighted by atomic mass is 10.0. The van der Waals surface area contributed by atoms with Gasteiger partial charge in [0.25, 0.3) is 0 Å². The zero-order valence-corrected chi connectivity index (χ0v) is 16.3. The standard InChI is InChI=1S/C22H30N4O/c1-18-8-10-19(11-9-18)16-24-22(23-2)25-17-21(20-6-4-3-5-7-20)26-12-14-27-15-13-26/h3-11,21H,12-17H2,1-2H3,(H2,23,24,25). The number of benzene rings is 2. The number of aryl methyl sites for hydroxylation is 1. The van der Waals surface area contributed by atoms with Crippen LogP contribution >= 0.6 is 0 Å². The van der Waals surface area contributed by atoms with E-state index in [1.54, 1.807) is 0 Å². The maximum absolute atomic E-state index is 5.53. The fourth-order valence-corrected chi connectivity index (χ4v) is 3.33. The van der Waals surface area contributed by atoms with Gasteiger partial charge in [0.15, 0.2) is 5.96 Å². The highest BCUT2D eigenvalue weighted by atomic mass is 16.5. The predicted octanol–water partition coefficient (Wildman–Crippen LogP) is 2.73. The summed E-state index contributed by atoms with van der Waals surface area (Å²) in [7, 11) is 1.82. The summed E-state index contributed by atoms with van der Waals surface area (Å²) in [6.45, 7) is 7.17. The molecule has 144 valence electrons. The molecule has 0 amide bonds. The average Bonchev–Trinajstić information content (AvgIpc) is 2.73. The van der Waals surface area contributed by atoms with Gasteiger partial charge in [-0.3, -0.25) is 9.89 Å². The van der Waals surface area contributed by atoms with Gasteiger partial charge < -0.3 is 15.4 Å². The van der Waals surface area contributed by atoms with Crippen molar-refractivity contribution in [3.8, 4) is 0 Å². The molecule has 2 aromatic rings. The van der Waals surface area contributed by atoms with Gasteiger partial charge in [-0.2, -0.15) is 0 Å². The molecule has 1 heterocycles. The fourth-order valence-electron chi connectivity index (χ4n) is 3.33. The third kappa shape index (κ3) is 5.81. The maximum atomic E-state index is 5.53. The minimum atomic E-state index is 0.299. The second-order valence-electron chi connectivity index (χ2n) is 6.87.